The third-order valence-electron chi connectivity index (χ3n) is 7.96. The van der Waals surface area contributed by atoms with Gasteiger partial charge in [0.1, 0.15) is 0 Å². The topological polar surface area (TPSA) is 22.0 Å². The van der Waals surface area contributed by atoms with Crippen molar-refractivity contribution < 1.29 is 0 Å². The van der Waals surface area contributed by atoms with Crippen LogP contribution in [0.3, 0.4) is 0 Å². The van der Waals surface area contributed by atoms with Crippen LogP contribution in [0.4, 0.5) is 0 Å². The predicted molar refractivity (Wildman–Crippen MR) is 165 cm³/mol. The maximum Gasteiger partial charge on any atom is 0.263 e. The van der Waals surface area contributed by atoms with E-state index in [0.29, 0.717) is 0 Å². The van der Waals surface area contributed by atoms with E-state index in [9.17, 15) is 4.79 Å². The second-order valence-electron chi connectivity index (χ2n) is 10.1. The molecule has 182 valence electrons. The van der Waals surface area contributed by atoms with Crippen LogP contribution in [0.2, 0.25) is 0 Å². The molecule has 8 aromatic rings. The van der Waals surface area contributed by atoms with Gasteiger partial charge in [-0.15, -0.1) is 0 Å². The molecule has 0 fully saturated rings. The van der Waals surface area contributed by atoms with Crippen LogP contribution in [0.15, 0.2) is 144 Å². The Morgan fingerprint density at radius 2 is 1.10 bits per heavy atom. The first kappa shape index (κ1) is 21.8. The van der Waals surface area contributed by atoms with Crippen molar-refractivity contribution >= 4 is 54.0 Å². The molecule has 0 atom stereocenters. The lowest BCUT2D eigenvalue weighted by molar-refractivity contribution is 1.06. The summed E-state index contributed by atoms with van der Waals surface area (Å²) < 4.78 is 1.84. The fraction of sp³-hybridized carbons (Fsp3) is 0. The first-order valence-corrected chi connectivity index (χ1v) is 13.2. The van der Waals surface area contributed by atoms with E-state index in [4.69, 9.17) is 0 Å². The van der Waals surface area contributed by atoms with Crippen molar-refractivity contribution in [3.8, 4) is 16.8 Å². The summed E-state index contributed by atoms with van der Waals surface area (Å²) in [5.41, 5.74) is 3.95. The molecule has 39 heavy (non-hydrogen) atoms. The standard InChI is InChI=1S/C37H23NO/c39-37-35-23-27(18-20-32(35)33-13-6-7-16-36(33)38(37)28-11-2-1-3-12-28)29-14-8-15-30-31(29)19-17-26-21-24-9-4-5-10-25(24)22-34(26)30/h1-23H. The summed E-state index contributed by atoms with van der Waals surface area (Å²) >= 11 is 0. The molecule has 0 saturated heterocycles. The average Bonchev–Trinajstić information content (AvgIpc) is 3.00. The van der Waals surface area contributed by atoms with Crippen LogP contribution in [0.1, 0.15) is 0 Å². The van der Waals surface area contributed by atoms with Crippen molar-refractivity contribution in [3.05, 3.63) is 150 Å². The van der Waals surface area contributed by atoms with Crippen LogP contribution >= 0.6 is 0 Å². The van der Waals surface area contributed by atoms with Gasteiger partial charge >= 0.3 is 0 Å². The third-order valence-corrected chi connectivity index (χ3v) is 7.96. The zero-order chi connectivity index (χ0) is 25.9. The minimum atomic E-state index is -0.00564. The second-order valence-corrected chi connectivity index (χ2v) is 10.1. The maximum atomic E-state index is 14.1. The summed E-state index contributed by atoms with van der Waals surface area (Å²) in [6, 6.07) is 48.4. The maximum absolute atomic E-state index is 14.1. The summed E-state index contributed by atoms with van der Waals surface area (Å²) in [7, 11) is 0. The second kappa shape index (κ2) is 8.41. The minimum absolute atomic E-state index is 0.00564. The summed E-state index contributed by atoms with van der Waals surface area (Å²) in [5, 5.41) is 10.1. The molecule has 0 aliphatic carbocycles. The van der Waals surface area contributed by atoms with Crippen LogP contribution in [-0.2, 0) is 0 Å². The van der Waals surface area contributed by atoms with Crippen molar-refractivity contribution in [3.63, 3.8) is 0 Å². The number of nitrogens with zero attached hydrogens (tertiary/aromatic N) is 1. The van der Waals surface area contributed by atoms with Gasteiger partial charge in [0.15, 0.2) is 0 Å². The van der Waals surface area contributed by atoms with E-state index in [1.54, 1.807) is 0 Å². The molecule has 0 N–H and O–H groups in total. The first-order chi connectivity index (χ1) is 19.3. The van der Waals surface area contributed by atoms with E-state index < -0.39 is 0 Å². The molecule has 7 aromatic carbocycles. The van der Waals surface area contributed by atoms with Gasteiger partial charge in [0.25, 0.3) is 5.56 Å². The molecule has 2 heteroatoms. The minimum Gasteiger partial charge on any atom is -0.276 e. The van der Waals surface area contributed by atoms with Gasteiger partial charge in [0.2, 0.25) is 0 Å². The molecular weight excluding hydrogens is 474 g/mol. The highest BCUT2D eigenvalue weighted by atomic mass is 16.1. The monoisotopic (exact) mass is 497 g/mol. The Kier molecular flexibility index (Phi) is 4.71. The fourth-order valence-electron chi connectivity index (χ4n) is 6.12. The Labute approximate surface area is 225 Å². The Morgan fingerprint density at radius 3 is 1.97 bits per heavy atom. The number of benzene rings is 7. The first-order valence-electron chi connectivity index (χ1n) is 13.2. The number of para-hydroxylation sites is 2. The third kappa shape index (κ3) is 3.32. The molecule has 1 aromatic heterocycles. The molecule has 0 spiro atoms. The van der Waals surface area contributed by atoms with Gasteiger partial charge < -0.3 is 0 Å². The molecule has 0 aliphatic rings. The molecule has 0 amide bonds. The highest BCUT2D eigenvalue weighted by Gasteiger charge is 2.14. The van der Waals surface area contributed by atoms with Gasteiger partial charge in [-0.25, -0.2) is 0 Å². The van der Waals surface area contributed by atoms with E-state index >= 15 is 0 Å². The number of aromatic nitrogens is 1. The van der Waals surface area contributed by atoms with E-state index in [2.05, 4.69) is 91.0 Å². The van der Waals surface area contributed by atoms with E-state index in [0.717, 1.165) is 38.5 Å². The number of fused-ring (bicyclic) bond motifs is 7. The summed E-state index contributed by atoms with van der Waals surface area (Å²) in [6.07, 6.45) is 0. The summed E-state index contributed by atoms with van der Waals surface area (Å²) in [6.45, 7) is 0. The molecular formula is C37H23NO. The number of hydrogen-bond donors (Lipinski definition) is 0. The Morgan fingerprint density at radius 1 is 0.410 bits per heavy atom. The molecule has 0 bridgehead atoms. The molecule has 0 aliphatic heterocycles. The van der Waals surface area contributed by atoms with Crippen LogP contribution in [-0.4, -0.2) is 4.57 Å². The number of hydrogen-bond acceptors (Lipinski definition) is 1. The highest BCUT2D eigenvalue weighted by Crippen LogP contribution is 2.36. The van der Waals surface area contributed by atoms with Gasteiger partial charge in [-0.3, -0.25) is 9.36 Å². The largest absolute Gasteiger partial charge is 0.276 e. The lowest BCUT2D eigenvalue weighted by atomic mass is 9.92. The normalized spacial score (nSPS) is 11.7. The lowest BCUT2D eigenvalue weighted by Crippen LogP contribution is -2.19. The highest BCUT2D eigenvalue weighted by molar-refractivity contribution is 6.16. The summed E-state index contributed by atoms with van der Waals surface area (Å²) in [4.78, 5) is 14.1. The van der Waals surface area contributed by atoms with Crippen LogP contribution in [0.5, 0.6) is 0 Å². The van der Waals surface area contributed by atoms with Gasteiger partial charge in [-0.2, -0.15) is 0 Å². The van der Waals surface area contributed by atoms with Gasteiger partial charge in [0.05, 0.1) is 5.52 Å². The lowest BCUT2D eigenvalue weighted by Gasteiger charge is -2.15. The quantitative estimate of drug-likeness (QED) is 0.172. The molecule has 0 unspecified atom stereocenters. The van der Waals surface area contributed by atoms with Crippen molar-refractivity contribution in [2.24, 2.45) is 0 Å². The Balaban J connectivity index is 1.41. The molecule has 0 saturated carbocycles. The Bertz CT molecular complexity index is 2290. The van der Waals surface area contributed by atoms with Crippen molar-refractivity contribution in [1.82, 2.24) is 4.57 Å². The zero-order valence-corrected chi connectivity index (χ0v) is 21.1. The van der Waals surface area contributed by atoms with Gasteiger partial charge in [0, 0.05) is 16.5 Å². The summed E-state index contributed by atoms with van der Waals surface area (Å²) in [5.74, 6) is 0. The van der Waals surface area contributed by atoms with Crippen LogP contribution < -0.4 is 5.56 Å². The van der Waals surface area contributed by atoms with Crippen molar-refractivity contribution in [2.75, 3.05) is 0 Å². The molecule has 8 rings (SSSR count). The van der Waals surface area contributed by atoms with Crippen LogP contribution in [0.25, 0.3) is 70.8 Å². The van der Waals surface area contributed by atoms with E-state index in [1.165, 1.54) is 32.3 Å². The van der Waals surface area contributed by atoms with Gasteiger partial charge in [-0.05, 0) is 85.2 Å². The van der Waals surface area contributed by atoms with Crippen LogP contribution in [0, 0.1) is 0 Å². The number of pyridine rings is 1. The van der Waals surface area contributed by atoms with E-state index in [-0.39, 0.29) is 5.56 Å². The Hall–Kier alpha value is -5.21. The van der Waals surface area contributed by atoms with Gasteiger partial charge in [-0.1, -0.05) is 103 Å². The fourth-order valence-corrected chi connectivity index (χ4v) is 6.12. The number of rotatable bonds is 2. The van der Waals surface area contributed by atoms with Crippen molar-refractivity contribution in [2.45, 2.75) is 0 Å². The SMILES string of the molecule is O=c1c2cc(-c3cccc4c3ccc3cc5ccccc5cc34)ccc2c2ccccc2n1-c1ccccc1. The smallest absolute Gasteiger partial charge is 0.263 e. The molecule has 1 heterocycles. The molecule has 0 radical (unpaired) electrons. The zero-order valence-electron chi connectivity index (χ0n) is 21.1. The van der Waals surface area contributed by atoms with Crippen molar-refractivity contribution in [1.29, 1.82) is 0 Å². The predicted octanol–water partition coefficient (Wildman–Crippen LogP) is 9.27. The van der Waals surface area contributed by atoms with E-state index in [1.807, 2.05) is 53.1 Å². The average molecular weight is 498 g/mol. The molecule has 2 nitrogen and oxygen atoms in total.